The van der Waals surface area contributed by atoms with Gasteiger partial charge in [-0.3, -0.25) is 0 Å². The Hall–Kier alpha value is -0.990. The van der Waals surface area contributed by atoms with Gasteiger partial charge in [0.25, 0.3) is 0 Å². The van der Waals surface area contributed by atoms with Crippen LogP contribution in [0, 0.1) is 0 Å². The van der Waals surface area contributed by atoms with Crippen molar-refractivity contribution in [3.05, 3.63) is 11.7 Å². The third-order valence-corrected chi connectivity index (χ3v) is 5.29. The average Bonchev–Trinajstić information content (AvgIpc) is 2.97. The Kier molecular flexibility index (Phi) is 2.68. The van der Waals surface area contributed by atoms with Gasteiger partial charge >= 0.3 is 0 Å². The van der Waals surface area contributed by atoms with Crippen molar-refractivity contribution >= 4 is 9.84 Å². The molecule has 0 aromatic carbocycles. The topological polar surface area (TPSA) is 108 Å². The number of ether oxygens (including phenoxy) is 1. The van der Waals surface area contributed by atoms with Crippen LogP contribution in [0.5, 0.6) is 0 Å². The van der Waals surface area contributed by atoms with E-state index in [2.05, 4.69) is 10.1 Å². The molecule has 0 saturated carbocycles. The van der Waals surface area contributed by atoms with Crippen molar-refractivity contribution in [3.63, 3.8) is 0 Å². The molecular weight excluding hydrogens is 258 g/mol. The van der Waals surface area contributed by atoms with Crippen molar-refractivity contribution in [1.82, 2.24) is 10.1 Å². The lowest BCUT2D eigenvalue weighted by molar-refractivity contribution is 0.166. The summed E-state index contributed by atoms with van der Waals surface area (Å²) in [6.45, 7) is 0.934. The highest BCUT2D eigenvalue weighted by atomic mass is 32.2. The van der Waals surface area contributed by atoms with Crippen LogP contribution >= 0.6 is 0 Å². The second kappa shape index (κ2) is 4.01. The molecule has 0 aliphatic carbocycles. The molecule has 7 nitrogen and oxygen atoms in total. The molecule has 2 N–H and O–H groups in total. The summed E-state index contributed by atoms with van der Waals surface area (Å²) in [5.74, 6) is 0.916. The lowest BCUT2D eigenvalue weighted by atomic mass is 10.0. The molecule has 3 rings (SSSR count). The quantitative estimate of drug-likeness (QED) is 0.777. The van der Waals surface area contributed by atoms with Crippen molar-refractivity contribution in [2.24, 2.45) is 5.73 Å². The number of nitrogens with zero attached hydrogens (tertiary/aromatic N) is 2. The van der Waals surface area contributed by atoms with Gasteiger partial charge in [0.15, 0.2) is 15.7 Å². The van der Waals surface area contributed by atoms with Crippen LogP contribution < -0.4 is 5.73 Å². The van der Waals surface area contributed by atoms with Crippen molar-refractivity contribution in [2.45, 2.75) is 24.3 Å². The number of rotatable bonds is 2. The van der Waals surface area contributed by atoms with E-state index in [1.807, 2.05) is 0 Å². The molecule has 8 heteroatoms. The van der Waals surface area contributed by atoms with Crippen LogP contribution in [0.4, 0.5) is 0 Å². The summed E-state index contributed by atoms with van der Waals surface area (Å²) in [6, 6.07) is 0. The maximum Gasteiger partial charge on any atom is 0.249 e. The normalized spacial score (nSPS) is 35.1. The minimum Gasteiger partial charge on any atom is -0.379 e. The molecule has 1 aromatic rings. The number of sulfone groups is 1. The van der Waals surface area contributed by atoms with E-state index in [-0.39, 0.29) is 17.4 Å². The first-order valence-electron chi connectivity index (χ1n) is 5.90. The van der Waals surface area contributed by atoms with E-state index in [1.54, 1.807) is 0 Å². The van der Waals surface area contributed by atoms with E-state index >= 15 is 0 Å². The summed E-state index contributed by atoms with van der Waals surface area (Å²) in [5.41, 5.74) is 5.39. The van der Waals surface area contributed by atoms with Gasteiger partial charge in [-0.1, -0.05) is 5.16 Å². The van der Waals surface area contributed by atoms with Crippen molar-refractivity contribution in [1.29, 1.82) is 0 Å². The van der Waals surface area contributed by atoms with Gasteiger partial charge in [0.2, 0.25) is 5.89 Å². The molecule has 18 heavy (non-hydrogen) atoms. The predicted molar refractivity (Wildman–Crippen MR) is 61.6 cm³/mol. The minimum atomic E-state index is -2.95. The maximum absolute atomic E-state index is 11.4. The van der Waals surface area contributed by atoms with Gasteiger partial charge in [-0.15, -0.1) is 0 Å². The largest absolute Gasteiger partial charge is 0.379 e. The molecule has 3 heterocycles. The predicted octanol–water partition coefficient (Wildman–Crippen LogP) is -0.454. The molecular formula is C10H15N3O4S. The lowest BCUT2D eigenvalue weighted by Crippen LogP contribution is -2.37. The van der Waals surface area contributed by atoms with Gasteiger partial charge in [-0.2, -0.15) is 4.98 Å². The number of hydrogen-bond acceptors (Lipinski definition) is 7. The van der Waals surface area contributed by atoms with Crippen LogP contribution in [0.1, 0.15) is 30.5 Å². The summed E-state index contributed by atoms with van der Waals surface area (Å²) < 4.78 is 33.2. The standard InChI is InChI=1S/C10H15N3O4S/c11-10(2-3-16-6-10)9-12-8(13-17-9)7-1-4-18(14,15)5-7/h7H,1-6,11H2. The van der Waals surface area contributed by atoms with Crippen molar-refractivity contribution in [2.75, 3.05) is 24.7 Å². The summed E-state index contributed by atoms with van der Waals surface area (Å²) in [6.07, 6.45) is 1.19. The first kappa shape index (κ1) is 12.1. The van der Waals surface area contributed by atoms with Crippen LogP contribution in [0.3, 0.4) is 0 Å². The van der Waals surface area contributed by atoms with E-state index in [1.165, 1.54) is 0 Å². The molecule has 0 radical (unpaired) electrons. The molecule has 2 aliphatic heterocycles. The van der Waals surface area contributed by atoms with Crippen molar-refractivity contribution in [3.8, 4) is 0 Å². The second-order valence-electron chi connectivity index (χ2n) is 5.02. The van der Waals surface area contributed by atoms with Crippen LogP contribution in [0.25, 0.3) is 0 Å². The summed E-state index contributed by atoms with van der Waals surface area (Å²) in [7, 11) is -2.95. The van der Waals surface area contributed by atoms with E-state index in [0.717, 1.165) is 0 Å². The third-order valence-electron chi connectivity index (χ3n) is 3.52. The lowest BCUT2D eigenvalue weighted by Gasteiger charge is -2.15. The van der Waals surface area contributed by atoms with E-state index < -0.39 is 15.4 Å². The molecule has 2 fully saturated rings. The Labute approximate surface area is 105 Å². The molecule has 2 aliphatic rings. The maximum atomic E-state index is 11.4. The van der Waals surface area contributed by atoms with Crippen LogP contribution in [0.15, 0.2) is 4.52 Å². The van der Waals surface area contributed by atoms with Crippen LogP contribution in [0.2, 0.25) is 0 Å². The Morgan fingerprint density at radius 3 is 2.89 bits per heavy atom. The molecule has 2 unspecified atom stereocenters. The number of nitrogens with two attached hydrogens (primary N) is 1. The van der Waals surface area contributed by atoms with Gasteiger partial charge in [-0.25, -0.2) is 8.42 Å². The number of hydrogen-bond donors (Lipinski definition) is 1. The zero-order valence-corrected chi connectivity index (χ0v) is 10.6. The van der Waals surface area contributed by atoms with E-state index in [4.69, 9.17) is 15.0 Å². The second-order valence-corrected chi connectivity index (χ2v) is 7.25. The fourth-order valence-corrected chi connectivity index (χ4v) is 4.09. The first-order valence-corrected chi connectivity index (χ1v) is 7.72. The molecule has 0 amide bonds. The Morgan fingerprint density at radius 1 is 1.44 bits per heavy atom. The van der Waals surface area contributed by atoms with Gasteiger partial charge < -0.3 is 15.0 Å². The van der Waals surface area contributed by atoms with Gasteiger partial charge in [-0.05, 0) is 12.8 Å². The highest BCUT2D eigenvalue weighted by Gasteiger charge is 2.40. The van der Waals surface area contributed by atoms with Crippen molar-refractivity contribution < 1.29 is 17.7 Å². The van der Waals surface area contributed by atoms with Gasteiger partial charge in [0.1, 0.15) is 5.54 Å². The minimum absolute atomic E-state index is 0.0973. The summed E-state index contributed by atoms with van der Waals surface area (Å²) in [4.78, 5) is 4.26. The van der Waals surface area contributed by atoms with Gasteiger partial charge in [0, 0.05) is 12.5 Å². The smallest absolute Gasteiger partial charge is 0.249 e. The molecule has 100 valence electrons. The third kappa shape index (κ3) is 2.04. The fraction of sp³-hybridized carbons (Fsp3) is 0.800. The summed E-state index contributed by atoms with van der Waals surface area (Å²) in [5, 5.41) is 3.87. The average molecular weight is 273 g/mol. The van der Waals surface area contributed by atoms with Crippen LogP contribution in [-0.2, 0) is 20.1 Å². The highest BCUT2D eigenvalue weighted by Crippen LogP contribution is 2.30. The molecule has 2 saturated heterocycles. The highest BCUT2D eigenvalue weighted by molar-refractivity contribution is 7.91. The Bertz CT molecular complexity index is 547. The molecule has 1 aromatic heterocycles. The van der Waals surface area contributed by atoms with Gasteiger partial charge in [0.05, 0.1) is 18.1 Å². The Balaban J connectivity index is 1.82. The summed E-state index contributed by atoms with van der Waals surface area (Å²) >= 11 is 0. The molecule has 0 spiro atoms. The molecule has 2 atom stereocenters. The molecule has 0 bridgehead atoms. The van der Waals surface area contributed by atoms with E-state index in [9.17, 15) is 8.42 Å². The zero-order valence-electron chi connectivity index (χ0n) is 9.83. The Morgan fingerprint density at radius 2 is 2.28 bits per heavy atom. The number of aromatic nitrogens is 2. The fourth-order valence-electron chi connectivity index (χ4n) is 2.35. The first-order chi connectivity index (χ1) is 8.49. The monoisotopic (exact) mass is 273 g/mol. The van der Waals surface area contributed by atoms with E-state index in [0.29, 0.717) is 37.8 Å². The SMILES string of the molecule is NC1(c2nc(C3CCS(=O)(=O)C3)no2)CCOC1. The van der Waals surface area contributed by atoms with Crippen LogP contribution in [-0.4, -0.2) is 43.3 Å². The zero-order chi connectivity index (χ0) is 12.8.